The minimum absolute atomic E-state index is 0.0138. The van der Waals surface area contributed by atoms with E-state index in [1.165, 1.54) is 0 Å². The highest BCUT2D eigenvalue weighted by atomic mass is 16.7. The van der Waals surface area contributed by atoms with Crippen molar-refractivity contribution in [1.29, 1.82) is 0 Å². The molecule has 4 aliphatic carbocycles. The van der Waals surface area contributed by atoms with Gasteiger partial charge in [-0.05, 0) is 69.8 Å². The first kappa shape index (κ1) is 18.5. The molecule has 2 heterocycles. The number of carbonyl (C=O) groups is 2. The number of amides is 2. The molecule has 4 bridgehead atoms. The number of ether oxygens (including phenoxy) is 2. The Kier molecular flexibility index (Phi) is 3.66. The molecule has 1 aromatic rings. The molecule has 6 atom stereocenters. The van der Waals surface area contributed by atoms with E-state index in [1.807, 2.05) is 26.0 Å². The Balaban J connectivity index is 1.38. The van der Waals surface area contributed by atoms with Crippen molar-refractivity contribution in [2.45, 2.75) is 58.0 Å². The lowest BCUT2D eigenvalue weighted by Gasteiger charge is -2.66. The summed E-state index contributed by atoms with van der Waals surface area (Å²) in [5, 5.41) is 2.93. The average molecular weight is 411 g/mol. The molecule has 0 aromatic heterocycles. The third-order valence-corrected chi connectivity index (χ3v) is 8.72. The first-order valence-electron chi connectivity index (χ1n) is 11.3. The van der Waals surface area contributed by atoms with Crippen LogP contribution in [0.1, 0.15) is 57.6 Å². The van der Waals surface area contributed by atoms with Crippen molar-refractivity contribution in [1.82, 2.24) is 10.2 Å². The highest BCUT2D eigenvalue weighted by molar-refractivity contribution is 5.91. The number of benzene rings is 1. The maximum atomic E-state index is 13.4. The van der Waals surface area contributed by atoms with Crippen LogP contribution in [0.2, 0.25) is 0 Å². The molecule has 0 radical (unpaired) electrons. The van der Waals surface area contributed by atoms with Crippen molar-refractivity contribution in [3.8, 4) is 11.5 Å². The summed E-state index contributed by atoms with van der Waals surface area (Å²) in [7, 11) is 1.76. The summed E-state index contributed by atoms with van der Waals surface area (Å²) >= 11 is 0. The fourth-order valence-electron chi connectivity index (χ4n) is 7.86. The van der Waals surface area contributed by atoms with E-state index in [0.717, 1.165) is 49.2 Å². The molecule has 6 aliphatic rings. The highest BCUT2D eigenvalue weighted by Gasteiger charge is 2.65. The minimum Gasteiger partial charge on any atom is -0.454 e. The summed E-state index contributed by atoms with van der Waals surface area (Å²) < 4.78 is 11.4. The molecule has 5 fully saturated rings. The van der Waals surface area contributed by atoms with Gasteiger partial charge in [-0.25, -0.2) is 0 Å². The molecule has 7 rings (SSSR count). The molecule has 2 aliphatic heterocycles. The quantitative estimate of drug-likeness (QED) is 0.777. The minimum atomic E-state index is -0.464. The molecule has 1 saturated heterocycles. The number of fused-ring (bicyclic) bond motifs is 1. The van der Waals surface area contributed by atoms with E-state index in [1.54, 1.807) is 7.05 Å². The van der Waals surface area contributed by atoms with Crippen LogP contribution in [0.25, 0.3) is 0 Å². The second-order valence-corrected chi connectivity index (χ2v) is 10.7. The second kappa shape index (κ2) is 5.92. The summed E-state index contributed by atoms with van der Waals surface area (Å²) in [5.41, 5.74) is 0.379. The van der Waals surface area contributed by atoms with E-state index in [4.69, 9.17) is 9.47 Å². The number of nitrogens with zero attached hydrogens (tertiary/aromatic N) is 1. The molecule has 6 heteroatoms. The van der Waals surface area contributed by atoms with Gasteiger partial charge in [-0.3, -0.25) is 9.59 Å². The Hall–Kier alpha value is -2.24. The van der Waals surface area contributed by atoms with Crippen molar-refractivity contribution in [2.75, 3.05) is 13.8 Å². The van der Waals surface area contributed by atoms with Crippen LogP contribution in [0.15, 0.2) is 18.2 Å². The van der Waals surface area contributed by atoms with Gasteiger partial charge in [-0.15, -0.1) is 0 Å². The molecule has 1 N–H and O–H groups in total. The highest BCUT2D eigenvalue weighted by Crippen LogP contribution is 2.65. The molecule has 4 saturated carbocycles. The first-order chi connectivity index (χ1) is 14.4. The number of nitrogens with one attached hydrogen (secondary N) is 1. The molecule has 5 unspecified atom stereocenters. The molecule has 1 aromatic carbocycles. The predicted octanol–water partition coefficient (Wildman–Crippen LogP) is 3.27. The topological polar surface area (TPSA) is 67.9 Å². The Labute approximate surface area is 177 Å². The second-order valence-electron chi connectivity index (χ2n) is 10.7. The monoisotopic (exact) mass is 410 g/mol. The number of rotatable bonds is 3. The number of likely N-dealkylation sites (tertiary alicyclic amines) is 1. The van der Waals surface area contributed by atoms with Gasteiger partial charge < -0.3 is 19.7 Å². The summed E-state index contributed by atoms with van der Waals surface area (Å²) in [6, 6.07) is 6.22. The lowest BCUT2D eigenvalue weighted by Crippen LogP contribution is -2.71. The Morgan fingerprint density at radius 2 is 1.87 bits per heavy atom. The van der Waals surface area contributed by atoms with Gasteiger partial charge in [-0.2, -0.15) is 0 Å². The number of hydrogen-bond acceptors (Lipinski definition) is 4. The number of hydrogen-bond donors (Lipinski definition) is 1. The van der Waals surface area contributed by atoms with Crippen LogP contribution in [0.3, 0.4) is 0 Å². The maximum absolute atomic E-state index is 13.4. The van der Waals surface area contributed by atoms with Gasteiger partial charge in [0.2, 0.25) is 18.6 Å². The summed E-state index contributed by atoms with van der Waals surface area (Å²) in [6.07, 6.45) is 5.13. The van der Waals surface area contributed by atoms with E-state index in [0.29, 0.717) is 17.8 Å². The summed E-state index contributed by atoms with van der Waals surface area (Å²) in [6.45, 7) is 4.33. The zero-order valence-electron chi connectivity index (χ0n) is 17.9. The van der Waals surface area contributed by atoms with E-state index in [-0.39, 0.29) is 36.1 Å². The van der Waals surface area contributed by atoms with Crippen molar-refractivity contribution in [3.63, 3.8) is 0 Å². The molecule has 6 nitrogen and oxygen atoms in total. The molecular formula is C24H30N2O4. The Morgan fingerprint density at radius 1 is 1.13 bits per heavy atom. The fourth-order valence-corrected chi connectivity index (χ4v) is 7.86. The van der Waals surface area contributed by atoms with Crippen LogP contribution in [0.4, 0.5) is 0 Å². The maximum Gasteiger partial charge on any atom is 0.231 e. The van der Waals surface area contributed by atoms with E-state index >= 15 is 0 Å². The predicted molar refractivity (Wildman–Crippen MR) is 110 cm³/mol. The van der Waals surface area contributed by atoms with Crippen LogP contribution < -0.4 is 14.8 Å². The first-order valence-corrected chi connectivity index (χ1v) is 11.3. The normalized spacial score (nSPS) is 39.8. The van der Waals surface area contributed by atoms with Crippen molar-refractivity contribution in [2.24, 2.45) is 28.6 Å². The lowest BCUT2D eigenvalue weighted by molar-refractivity contribution is -0.199. The van der Waals surface area contributed by atoms with E-state index < -0.39 is 5.41 Å². The van der Waals surface area contributed by atoms with Gasteiger partial charge in [0.15, 0.2) is 11.5 Å². The molecular weight excluding hydrogens is 380 g/mol. The van der Waals surface area contributed by atoms with Crippen LogP contribution in [0, 0.1) is 28.6 Å². The number of para-hydroxylation sites is 1. The summed E-state index contributed by atoms with van der Waals surface area (Å²) in [4.78, 5) is 28.4. The standard InChI is InChI=1S/C24H30N2O4/c1-23(2)20(16-5-4-6-17-19(16)30-12-29-17)26(22(23)28)18-14-7-13-8-15(18)11-24(9-13,10-14)21(27)25-3/h4-6,13-15,18,20H,7-12H2,1-3H3,(H,25,27)/t13?,14-,15?,18?,20?,24?/m0/s1. The number of β-lactam (4-membered cyclic amide) rings is 1. The van der Waals surface area contributed by atoms with Crippen LogP contribution >= 0.6 is 0 Å². The van der Waals surface area contributed by atoms with Crippen LogP contribution in [0.5, 0.6) is 11.5 Å². The van der Waals surface area contributed by atoms with Gasteiger partial charge in [0.05, 0.1) is 16.9 Å². The van der Waals surface area contributed by atoms with Gasteiger partial charge in [0.1, 0.15) is 0 Å². The lowest BCUT2D eigenvalue weighted by atomic mass is 9.46. The largest absolute Gasteiger partial charge is 0.454 e. The van der Waals surface area contributed by atoms with Gasteiger partial charge in [0.25, 0.3) is 0 Å². The molecule has 30 heavy (non-hydrogen) atoms. The summed E-state index contributed by atoms with van der Waals surface area (Å²) in [5.74, 6) is 3.44. The Morgan fingerprint density at radius 3 is 2.57 bits per heavy atom. The molecule has 2 amide bonds. The van der Waals surface area contributed by atoms with Gasteiger partial charge >= 0.3 is 0 Å². The fraction of sp³-hybridized carbons (Fsp3) is 0.667. The van der Waals surface area contributed by atoms with E-state index in [2.05, 4.69) is 16.3 Å². The van der Waals surface area contributed by atoms with Gasteiger partial charge in [-0.1, -0.05) is 12.1 Å². The smallest absolute Gasteiger partial charge is 0.231 e. The SMILES string of the molecule is CNC(=O)C12CC3CC(C1)C(N1C(=O)C(C)(C)C1c1cccc4c1OCO4)[C@@H](C3)C2. The Bertz CT molecular complexity index is 925. The average Bonchev–Trinajstić information content (AvgIpc) is 3.20. The van der Waals surface area contributed by atoms with Crippen molar-refractivity contribution in [3.05, 3.63) is 23.8 Å². The van der Waals surface area contributed by atoms with Gasteiger partial charge in [0, 0.05) is 18.7 Å². The van der Waals surface area contributed by atoms with Crippen molar-refractivity contribution < 1.29 is 19.1 Å². The van der Waals surface area contributed by atoms with E-state index in [9.17, 15) is 9.59 Å². The third kappa shape index (κ3) is 2.20. The zero-order chi connectivity index (χ0) is 20.8. The molecule has 0 spiro atoms. The van der Waals surface area contributed by atoms with Crippen molar-refractivity contribution >= 4 is 11.8 Å². The third-order valence-electron chi connectivity index (χ3n) is 8.72. The number of carbonyl (C=O) groups excluding carboxylic acids is 2. The van der Waals surface area contributed by atoms with Crippen LogP contribution in [-0.2, 0) is 9.59 Å². The zero-order valence-corrected chi connectivity index (χ0v) is 17.9. The van der Waals surface area contributed by atoms with Crippen LogP contribution in [-0.4, -0.2) is 36.6 Å². The molecule has 160 valence electrons.